The predicted molar refractivity (Wildman–Crippen MR) is 65.2 cm³/mol. The van der Waals surface area contributed by atoms with Crippen molar-refractivity contribution in [1.29, 1.82) is 0 Å². The molecule has 1 aliphatic rings. The second-order valence-electron chi connectivity index (χ2n) is 4.51. The number of nitrogens with zero attached hydrogens (tertiary/aromatic N) is 1. The second kappa shape index (κ2) is 5.91. The van der Waals surface area contributed by atoms with Crippen molar-refractivity contribution in [3.63, 3.8) is 0 Å². The highest BCUT2D eigenvalue weighted by Gasteiger charge is 2.27. The molecule has 5 heteroatoms. The van der Waals surface area contributed by atoms with Crippen molar-refractivity contribution in [3.05, 3.63) is 18.1 Å². The Balaban J connectivity index is 1.99. The Kier molecular flexibility index (Phi) is 4.25. The highest BCUT2D eigenvalue weighted by Crippen LogP contribution is 2.25. The molecule has 0 radical (unpaired) electrons. The van der Waals surface area contributed by atoms with Gasteiger partial charge >= 0.3 is 6.09 Å². The number of rotatable bonds is 3. The zero-order chi connectivity index (χ0) is 13.0. The molecule has 2 rings (SSSR count). The summed E-state index contributed by atoms with van der Waals surface area (Å²) >= 11 is 0. The largest absolute Gasteiger partial charge is 0.466 e. The highest BCUT2D eigenvalue weighted by molar-refractivity contribution is 5.70. The van der Waals surface area contributed by atoms with Crippen molar-refractivity contribution in [2.75, 3.05) is 7.11 Å². The molecular formula is C13H19NO4. The molecule has 1 amide bonds. The van der Waals surface area contributed by atoms with Crippen LogP contribution in [-0.4, -0.2) is 24.3 Å². The fourth-order valence-electron chi connectivity index (χ4n) is 2.31. The van der Waals surface area contributed by atoms with Gasteiger partial charge in [-0.05, 0) is 19.8 Å². The van der Waals surface area contributed by atoms with Gasteiger partial charge in [-0.25, -0.2) is 4.79 Å². The lowest BCUT2D eigenvalue weighted by Crippen LogP contribution is -2.42. The minimum atomic E-state index is -0.478. The summed E-state index contributed by atoms with van der Waals surface area (Å²) < 4.78 is 10.3. The van der Waals surface area contributed by atoms with Gasteiger partial charge in [0.15, 0.2) is 5.75 Å². The van der Waals surface area contributed by atoms with Gasteiger partial charge in [0.05, 0.1) is 19.4 Å². The van der Waals surface area contributed by atoms with Crippen LogP contribution in [0, 0.1) is 6.92 Å². The number of carbonyl (C=O) groups is 1. The van der Waals surface area contributed by atoms with Gasteiger partial charge in [-0.1, -0.05) is 19.3 Å². The van der Waals surface area contributed by atoms with Gasteiger partial charge in [0.1, 0.15) is 5.76 Å². The molecule has 0 aromatic carbocycles. The van der Waals surface area contributed by atoms with Crippen LogP contribution in [0.3, 0.4) is 0 Å². The van der Waals surface area contributed by atoms with Crippen LogP contribution in [0.4, 0.5) is 4.79 Å². The first-order valence-corrected chi connectivity index (χ1v) is 6.31. The number of carbonyl (C=O) groups excluding carboxylic acids is 1. The minimum Gasteiger partial charge on any atom is -0.466 e. The van der Waals surface area contributed by atoms with Gasteiger partial charge in [0, 0.05) is 6.07 Å². The van der Waals surface area contributed by atoms with E-state index in [9.17, 15) is 4.79 Å². The third-order valence-corrected chi connectivity index (χ3v) is 3.29. The molecule has 5 nitrogen and oxygen atoms in total. The number of hydrogen-bond donors (Lipinski definition) is 0. The molecule has 18 heavy (non-hydrogen) atoms. The third-order valence-electron chi connectivity index (χ3n) is 3.29. The molecule has 1 aromatic rings. The lowest BCUT2D eigenvalue weighted by Gasteiger charge is -2.30. The van der Waals surface area contributed by atoms with Crippen LogP contribution in [0.25, 0.3) is 0 Å². The zero-order valence-corrected chi connectivity index (χ0v) is 10.8. The number of aryl methyl sites for hydroxylation is 1. The van der Waals surface area contributed by atoms with E-state index in [2.05, 4.69) is 0 Å². The molecule has 0 saturated heterocycles. The number of hydroxylamine groups is 2. The number of amides is 1. The van der Waals surface area contributed by atoms with E-state index in [1.807, 2.05) is 0 Å². The quantitative estimate of drug-likeness (QED) is 0.776. The molecule has 1 heterocycles. The van der Waals surface area contributed by atoms with Gasteiger partial charge < -0.3 is 9.15 Å². The Labute approximate surface area is 107 Å². The smallest absolute Gasteiger partial charge is 0.439 e. The van der Waals surface area contributed by atoms with Crippen molar-refractivity contribution in [2.24, 2.45) is 0 Å². The zero-order valence-electron chi connectivity index (χ0n) is 10.8. The van der Waals surface area contributed by atoms with E-state index in [0.29, 0.717) is 11.5 Å². The molecule has 1 aromatic heterocycles. The van der Waals surface area contributed by atoms with Gasteiger partial charge in [0.25, 0.3) is 0 Å². The lowest BCUT2D eigenvalue weighted by atomic mass is 9.95. The maximum atomic E-state index is 12.0. The average molecular weight is 253 g/mol. The summed E-state index contributed by atoms with van der Waals surface area (Å²) in [4.78, 5) is 17.2. The molecule has 1 aliphatic carbocycles. The fraction of sp³-hybridized carbons (Fsp3) is 0.615. The first-order chi connectivity index (χ1) is 8.72. The molecule has 0 aliphatic heterocycles. The summed E-state index contributed by atoms with van der Waals surface area (Å²) in [5, 5.41) is 1.34. The maximum absolute atomic E-state index is 12.0. The van der Waals surface area contributed by atoms with Gasteiger partial charge in [-0.15, -0.1) is 0 Å². The van der Waals surface area contributed by atoms with Crippen molar-refractivity contribution in [3.8, 4) is 5.75 Å². The lowest BCUT2D eigenvalue weighted by molar-refractivity contribution is -0.135. The highest BCUT2D eigenvalue weighted by atomic mass is 16.7. The standard InChI is InChI=1S/C13H19NO4/c1-10-12(8-9-17-10)18-13(15)14(16-2)11-6-4-3-5-7-11/h8-9,11H,3-7H2,1-2H3. The van der Waals surface area contributed by atoms with E-state index in [1.54, 1.807) is 13.0 Å². The van der Waals surface area contributed by atoms with E-state index in [4.69, 9.17) is 14.0 Å². The van der Waals surface area contributed by atoms with E-state index < -0.39 is 6.09 Å². The van der Waals surface area contributed by atoms with E-state index in [-0.39, 0.29) is 6.04 Å². The summed E-state index contributed by atoms with van der Waals surface area (Å²) in [7, 11) is 1.50. The molecule has 1 saturated carbocycles. The maximum Gasteiger partial charge on any atom is 0.439 e. The molecular weight excluding hydrogens is 234 g/mol. The second-order valence-corrected chi connectivity index (χ2v) is 4.51. The van der Waals surface area contributed by atoms with E-state index in [1.165, 1.54) is 24.9 Å². The van der Waals surface area contributed by atoms with E-state index in [0.717, 1.165) is 25.7 Å². The predicted octanol–water partition coefficient (Wildman–Crippen LogP) is 3.28. The summed E-state index contributed by atoms with van der Waals surface area (Å²) in [5.41, 5.74) is 0. The molecule has 0 atom stereocenters. The Bertz CT molecular complexity index is 395. The Morgan fingerprint density at radius 1 is 1.39 bits per heavy atom. The van der Waals surface area contributed by atoms with Gasteiger partial charge in [-0.2, -0.15) is 5.06 Å². The van der Waals surface area contributed by atoms with Gasteiger partial charge in [-0.3, -0.25) is 4.84 Å². The first kappa shape index (κ1) is 13.0. The Morgan fingerprint density at radius 2 is 2.11 bits per heavy atom. The number of ether oxygens (including phenoxy) is 1. The van der Waals surface area contributed by atoms with Crippen molar-refractivity contribution in [1.82, 2.24) is 5.06 Å². The van der Waals surface area contributed by atoms with Crippen LogP contribution in [0.2, 0.25) is 0 Å². The Morgan fingerprint density at radius 3 is 2.67 bits per heavy atom. The molecule has 0 bridgehead atoms. The Hall–Kier alpha value is -1.49. The summed E-state index contributed by atoms with van der Waals surface area (Å²) in [5.74, 6) is 1.03. The molecule has 0 unspecified atom stereocenters. The van der Waals surface area contributed by atoms with E-state index >= 15 is 0 Å². The molecule has 100 valence electrons. The normalized spacial score (nSPS) is 16.6. The third kappa shape index (κ3) is 2.85. The minimum absolute atomic E-state index is 0.114. The topological polar surface area (TPSA) is 51.9 Å². The number of furan rings is 1. The monoisotopic (exact) mass is 253 g/mol. The molecule has 1 fully saturated rings. The average Bonchev–Trinajstić information content (AvgIpc) is 2.77. The summed E-state index contributed by atoms with van der Waals surface area (Å²) in [6.07, 6.45) is 6.43. The van der Waals surface area contributed by atoms with Crippen molar-refractivity contribution < 1.29 is 18.8 Å². The van der Waals surface area contributed by atoms with Crippen molar-refractivity contribution in [2.45, 2.75) is 45.1 Å². The van der Waals surface area contributed by atoms with Crippen LogP contribution in [0.15, 0.2) is 16.7 Å². The van der Waals surface area contributed by atoms with Crippen LogP contribution < -0.4 is 4.74 Å². The summed E-state index contributed by atoms with van der Waals surface area (Å²) in [6.45, 7) is 1.75. The SMILES string of the molecule is CON(C(=O)Oc1ccoc1C)C1CCCCC1. The van der Waals surface area contributed by atoms with Crippen LogP contribution >= 0.6 is 0 Å². The number of hydrogen-bond acceptors (Lipinski definition) is 4. The fourth-order valence-corrected chi connectivity index (χ4v) is 2.31. The van der Waals surface area contributed by atoms with Crippen LogP contribution in [0.1, 0.15) is 37.9 Å². The molecule has 0 spiro atoms. The summed E-state index contributed by atoms with van der Waals surface area (Å²) in [6, 6.07) is 1.74. The van der Waals surface area contributed by atoms with Crippen LogP contribution in [0.5, 0.6) is 5.75 Å². The van der Waals surface area contributed by atoms with Gasteiger partial charge in [0.2, 0.25) is 0 Å². The molecule has 0 N–H and O–H groups in total. The van der Waals surface area contributed by atoms with Crippen molar-refractivity contribution >= 4 is 6.09 Å². The van der Waals surface area contributed by atoms with Crippen LogP contribution in [-0.2, 0) is 4.84 Å². The first-order valence-electron chi connectivity index (χ1n) is 6.31.